The molecule has 0 aromatic rings. The summed E-state index contributed by atoms with van der Waals surface area (Å²) in [5, 5.41) is 62.7. The number of aliphatic hydroxyl groups excluding tert-OH is 3. The number of carboxylic acids is 2. The molecule has 0 aliphatic heterocycles. The molecule has 0 aromatic carbocycles. The molecule has 3 fully saturated rings. The van der Waals surface area contributed by atoms with Crippen LogP contribution in [-0.4, -0.2) is 78.7 Å². The number of rotatable bonds is 22. The van der Waals surface area contributed by atoms with Crippen molar-refractivity contribution in [2.75, 3.05) is 0 Å². The minimum Gasteiger partial charge on any atom is -0.481 e. The van der Waals surface area contributed by atoms with Crippen LogP contribution in [0.4, 0.5) is 0 Å². The zero-order valence-corrected chi connectivity index (χ0v) is 31.9. The molecule has 0 amide bonds. The van der Waals surface area contributed by atoms with Gasteiger partial charge in [0.25, 0.3) is 0 Å². The van der Waals surface area contributed by atoms with E-state index in [0.29, 0.717) is 50.9 Å². The Labute approximate surface area is 311 Å². The maximum Gasteiger partial charge on any atom is 0.332 e. The normalized spacial score (nSPS) is 31.2. The number of hydrogen-bond donors (Lipinski definition) is 6. The number of fused-ring (bicyclic) bond motifs is 1. The second-order valence-electron chi connectivity index (χ2n) is 15.8. The molecular formula is C43H66O9. The van der Waals surface area contributed by atoms with Crippen LogP contribution in [0.3, 0.4) is 0 Å². The lowest BCUT2D eigenvalue weighted by molar-refractivity contribution is -0.156. The van der Waals surface area contributed by atoms with E-state index in [1.54, 1.807) is 19.9 Å². The molecule has 0 radical (unpaired) electrons. The number of carbonyl (C=O) groups is 2. The van der Waals surface area contributed by atoms with Crippen molar-refractivity contribution in [3.8, 4) is 11.8 Å². The van der Waals surface area contributed by atoms with Gasteiger partial charge < -0.3 is 35.4 Å². The third-order valence-electron chi connectivity index (χ3n) is 11.5. The highest BCUT2D eigenvalue weighted by molar-refractivity contribution is 5.72. The molecule has 9 nitrogen and oxygen atoms in total. The van der Waals surface area contributed by atoms with E-state index >= 15 is 0 Å². The van der Waals surface area contributed by atoms with E-state index in [9.17, 15) is 35.1 Å². The summed E-state index contributed by atoms with van der Waals surface area (Å²) in [5.74, 6) is 4.11. The van der Waals surface area contributed by atoms with Crippen molar-refractivity contribution >= 4 is 11.9 Å². The quantitative estimate of drug-likeness (QED) is 0.0392. The number of unbranched alkanes of at least 4 members (excludes halogenated alkanes) is 3. The molecule has 0 bridgehead atoms. The molecule has 3 saturated carbocycles. The fraction of sp³-hybridized carbons (Fsp3) is 0.721. The molecular weight excluding hydrogens is 660 g/mol. The molecule has 4 unspecified atom stereocenters. The number of ether oxygens (including phenoxy) is 1. The van der Waals surface area contributed by atoms with Crippen molar-refractivity contribution in [1.29, 1.82) is 0 Å². The molecule has 3 aliphatic carbocycles. The molecule has 12 atom stereocenters. The van der Waals surface area contributed by atoms with Crippen molar-refractivity contribution in [2.24, 2.45) is 35.5 Å². The summed E-state index contributed by atoms with van der Waals surface area (Å²) in [6.07, 6.45) is 19.7. The molecule has 0 aromatic heterocycles. The SMILES string of the molecule is CC#CCC(C)C(O)/C=C/[C@@H]1[C@H]2C/C(=C/CCC(O[C@@H]3C[C@H](O)[C@H](C/C=C\CCCC(=O)O)[C@H]3/C=C/C(C)(O)CCCCC)C(=O)O)C[C@H]2C[C@H]1O. The van der Waals surface area contributed by atoms with Crippen LogP contribution in [0.1, 0.15) is 124 Å². The van der Waals surface area contributed by atoms with Crippen molar-refractivity contribution in [2.45, 2.75) is 160 Å². The first-order chi connectivity index (χ1) is 24.8. The molecule has 0 saturated heterocycles. The van der Waals surface area contributed by atoms with E-state index in [1.165, 1.54) is 5.57 Å². The maximum atomic E-state index is 12.5. The second kappa shape index (κ2) is 21.8. The maximum absolute atomic E-state index is 12.5. The first-order valence-electron chi connectivity index (χ1n) is 19.7. The Bertz CT molecular complexity index is 1300. The summed E-state index contributed by atoms with van der Waals surface area (Å²) >= 11 is 0. The molecule has 52 heavy (non-hydrogen) atoms. The van der Waals surface area contributed by atoms with Gasteiger partial charge in [-0.25, -0.2) is 4.79 Å². The monoisotopic (exact) mass is 726 g/mol. The van der Waals surface area contributed by atoms with Gasteiger partial charge in [0.2, 0.25) is 0 Å². The Morgan fingerprint density at radius 2 is 1.79 bits per heavy atom. The summed E-state index contributed by atoms with van der Waals surface area (Å²) in [7, 11) is 0. The topological polar surface area (TPSA) is 165 Å². The molecule has 6 N–H and O–H groups in total. The van der Waals surface area contributed by atoms with Crippen LogP contribution in [0.25, 0.3) is 0 Å². The van der Waals surface area contributed by atoms with Gasteiger partial charge in [-0.05, 0) is 95.3 Å². The lowest BCUT2D eigenvalue weighted by Crippen LogP contribution is -2.32. The fourth-order valence-corrected chi connectivity index (χ4v) is 8.36. The number of allylic oxidation sites excluding steroid dienone is 4. The van der Waals surface area contributed by atoms with Crippen LogP contribution in [0.15, 0.2) is 48.1 Å². The highest BCUT2D eigenvalue weighted by Crippen LogP contribution is 2.50. The van der Waals surface area contributed by atoms with E-state index in [-0.39, 0.29) is 48.9 Å². The third-order valence-corrected chi connectivity index (χ3v) is 11.5. The van der Waals surface area contributed by atoms with Crippen molar-refractivity contribution in [3.05, 3.63) is 48.1 Å². The van der Waals surface area contributed by atoms with Gasteiger partial charge in [0, 0.05) is 31.1 Å². The van der Waals surface area contributed by atoms with Gasteiger partial charge in [-0.2, -0.15) is 0 Å². The Morgan fingerprint density at radius 1 is 1.02 bits per heavy atom. The standard InChI is InChI=1S/C43H66O9/c1-5-7-13-23-43(4,51)24-22-34-32(17-11-9-10-12-19-41(47)48)38(46)28-40(34)52-39(42(49)50)18-14-16-30-25-31-27-37(45)33(35(31)26-30)20-21-36(44)29(3)15-8-6-2/h9,11,16,20-22,24,29,31-40,44-46,51H,5,7,10,12-15,17-19,23,25-28H2,1-4H3,(H,47,48)(H,49,50)/b11-9-,21-20+,24-22+,30-16+/t29?,31-,32+,33+,34+,35-,36?,37+,38-,39?,40+,43?/m0/s1. The zero-order valence-electron chi connectivity index (χ0n) is 31.9. The molecule has 292 valence electrons. The molecule has 3 rings (SSSR count). The van der Waals surface area contributed by atoms with Gasteiger partial charge in [0.05, 0.1) is 30.0 Å². The average molecular weight is 727 g/mol. The van der Waals surface area contributed by atoms with Gasteiger partial charge in [0.1, 0.15) is 0 Å². The van der Waals surface area contributed by atoms with E-state index < -0.39 is 48.1 Å². The van der Waals surface area contributed by atoms with E-state index in [4.69, 9.17) is 9.84 Å². The predicted molar refractivity (Wildman–Crippen MR) is 203 cm³/mol. The lowest BCUT2D eigenvalue weighted by Gasteiger charge is -2.26. The van der Waals surface area contributed by atoms with Crippen molar-refractivity contribution < 1.29 is 45.0 Å². The average Bonchev–Trinajstić information content (AvgIpc) is 3.71. The minimum absolute atomic E-state index is 0.00952. The molecule has 3 aliphatic rings. The van der Waals surface area contributed by atoms with Gasteiger partial charge in [-0.3, -0.25) is 4.79 Å². The van der Waals surface area contributed by atoms with E-state index in [1.807, 2.05) is 37.3 Å². The first kappa shape index (κ1) is 43.7. The second-order valence-corrected chi connectivity index (χ2v) is 15.8. The summed E-state index contributed by atoms with van der Waals surface area (Å²) in [5.41, 5.74) is 0.240. The highest BCUT2D eigenvalue weighted by Gasteiger charge is 2.45. The summed E-state index contributed by atoms with van der Waals surface area (Å²) in [6, 6.07) is 0. The van der Waals surface area contributed by atoms with E-state index in [2.05, 4.69) is 24.8 Å². The smallest absolute Gasteiger partial charge is 0.332 e. The largest absolute Gasteiger partial charge is 0.481 e. The van der Waals surface area contributed by atoms with Gasteiger partial charge >= 0.3 is 11.9 Å². The Kier molecular flexibility index (Phi) is 18.3. The number of aliphatic carboxylic acids is 2. The van der Waals surface area contributed by atoms with E-state index in [0.717, 1.165) is 32.1 Å². The highest BCUT2D eigenvalue weighted by atomic mass is 16.5. The van der Waals surface area contributed by atoms with Gasteiger partial charge in [-0.1, -0.05) is 81.2 Å². The lowest BCUT2D eigenvalue weighted by atomic mass is 9.87. The first-order valence-corrected chi connectivity index (χ1v) is 19.7. The Hall–Kier alpha value is -2.74. The molecule has 0 heterocycles. The summed E-state index contributed by atoms with van der Waals surface area (Å²) in [4.78, 5) is 23.3. The summed E-state index contributed by atoms with van der Waals surface area (Å²) in [6.45, 7) is 7.64. The number of aliphatic hydroxyl groups is 4. The fourth-order valence-electron chi connectivity index (χ4n) is 8.36. The number of carboxylic acid groups (broad SMARTS) is 2. The van der Waals surface area contributed by atoms with Gasteiger partial charge in [-0.15, -0.1) is 11.8 Å². The Morgan fingerprint density at radius 3 is 2.48 bits per heavy atom. The number of hydrogen-bond acceptors (Lipinski definition) is 7. The molecule has 0 spiro atoms. The van der Waals surface area contributed by atoms with Crippen LogP contribution >= 0.6 is 0 Å². The third kappa shape index (κ3) is 13.9. The van der Waals surface area contributed by atoms with Crippen LogP contribution in [0, 0.1) is 47.3 Å². The Balaban J connectivity index is 1.65. The van der Waals surface area contributed by atoms with Gasteiger partial charge in [0.15, 0.2) is 6.10 Å². The van der Waals surface area contributed by atoms with Crippen LogP contribution in [0.5, 0.6) is 0 Å². The van der Waals surface area contributed by atoms with Crippen LogP contribution < -0.4 is 0 Å². The van der Waals surface area contributed by atoms with Crippen LogP contribution in [0.2, 0.25) is 0 Å². The predicted octanol–water partition coefficient (Wildman–Crippen LogP) is 6.99. The molecule has 9 heteroatoms. The minimum atomic E-state index is -1.06. The van der Waals surface area contributed by atoms with Crippen molar-refractivity contribution in [3.63, 3.8) is 0 Å². The zero-order chi connectivity index (χ0) is 38.3. The van der Waals surface area contributed by atoms with Crippen LogP contribution in [-0.2, 0) is 14.3 Å². The summed E-state index contributed by atoms with van der Waals surface area (Å²) < 4.78 is 6.30. The van der Waals surface area contributed by atoms with Crippen molar-refractivity contribution in [1.82, 2.24) is 0 Å².